The molecular formula is C13H23N3S. The predicted molar refractivity (Wildman–Crippen MR) is 74.5 cm³/mol. The summed E-state index contributed by atoms with van der Waals surface area (Å²) >= 11 is 1.94. The lowest BCUT2D eigenvalue weighted by molar-refractivity contribution is 0.266. The zero-order valence-corrected chi connectivity index (χ0v) is 11.9. The first kappa shape index (κ1) is 13.0. The van der Waals surface area contributed by atoms with Gasteiger partial charge in [0, 0.05) is 42.0 Å². The first-order valence-electron chi connectivity index (χ1n) is 6.30. The SMILES string of the molecule is CNCc1ccc(CN2CCC(N(C)C)C2)s1. The zero-order chi connectivity index (χ0) is 12.3. The standard InChI is InChI=1S/C13H23N3S/c1-14-8-12-4-5-13(17-12)10-16-7-6-11(9-16)15(2)3/h4-5,11,14H,6-10H2,1-3H3. The number of nitrogens with one attached hydrogen (secondary N) is 1. The monoisotopic (exact) mass is 253 g/mol. The van der Waals surface area contributed by atoms with Gasteiger partial charge >= 0.3 is 0 Å². The van der Waals surface area contributed by atoms with Crippen LogP contribution >= 0.6 is 11.3 Å². The topological polar surface area (TPSA) is 18.5 Å². The van der Waals surface area contributed by atoms with Crippen LogP contribution in [0.25, 0.3) is 0 Å². The number of likely N-dealkylation sites (N-methyl/N-ethyl adjacent to an activating group) is 1. The van der Waals surface area contributed by atoms with E-state index in [2.05, 4.69) is 41.3 Å². The van der Waals surface area contributed by atoms with Crippen molar-refractivity contribution in [3.63, 3.8) is 0 Å². The Hall–Kier alpha value is -0.420. The summed E-state index contributed by atoms with van der Waals surface area (Å²) in [7, 11) is 6.37. The van der Waals surface area contributed by atoms with Crippen LogP contribution in [0, 0.1) is 0 Å². The fourth-order valence-corrected chi connectivity index (χ4v) is 3.45. The van der Waals surface area contributed by atoms with Crippen molar-refractivity contribution >= 4 is 11.3 Å². The predicted octanol–water partition coefficient (Wildman–Crippen LogP) is 1.60. The Morgan fingerprint density at radius 3 is 2.82 bits per heavy atom. The highest BCUT2D eigenvalue weighted by atomic mass is 32.1. The molecule has 1 N–H and O–H groups in total. The third-order valence-electron chi connectivity index (χ3n) is 3.43. The van der Waals surface area contributed by atoms with Gasteiger partial charge in [-0.2, -0.15) is 0 Å². The molecule has 1 aromatic rings. The van der Waals surface area contributed by atoms with E-state index in [-0.39, 0.29) is 0 Å². The molecule has 0 aliphatic carbocycles. The smallest absolute Gasteiger partial charge is 0.0328 e. The van der Waals surface area contributed by atoms with Gasteiger partial charge in [-0.25, -0.2) is 0 Å². The number of hydrogen-bond donors (Lipinski definition) is 1. The Labute approximate surface area is 108 Å². The number of hydrogen-bond acceptors (Lipinski definition) is 4. The second kappa shape index (κ2) is 5.96. The molecule has 1 unspecified atom stereocenters. The van der Waals surface area contributed by atoms with E-state index in [1.54, 1.807) is 0 Å². The maximum Gasteiger partial charge on any atom is 0.0328 e. The molecule has 3 nitrogen and oxygen atoms in total. The van der Waals surface area contributed by atoms with Crippen molar-refractivity contribution in [1.82, 2.24) is 15.1 Å². The Bertz CT molecular complexity index is 348. The third kappa shape index (κ3) is 3.52. The fourth-order valence-electron chi connectivity index (χ4n) is 2.37. The van der Waals surface area contributed by atoms with E-state index in [9.17, 15) is 0 Å². The molecule has 1 fully saturated rings. The third-order valence-corrected chi connectivity index (χ3v) is 4.50. The molecular weight excluding hydrogens is 230 g/mol. The Kier molecular flexibility index (Phi) is 4.56. The minimum absolute atomic E-state index is 0.742. The van der Waals surface area contributed by atoms with Gasteiger partial charge < -0.3 is 10.2 Å². The van der Waals surface area contributed by atoms with Gasteiger partial charge in [-0.05, 0) is 39.7 Å². The van der Waals surface area contributed by atoms with Gasteiger partial charge in [-0.3, -0.25) is 4.90 Å². The number of rotatable bonds is 5. The molecule has 17 heavy (non-hydrogen) atoms. The van der Waals surface area contributed by atoms with Crippen LogP contribution < -0.4 is 5.32 Å². The van der Waals surface area contributed by atoms with Gasteiger partial charge in [-0.15, -0.1) is 11.3 Å². The van der Waals surface area contributed by atoms with E-state index in [0.717, 1.165) is 19.1 Å². The van der Waals surface area contributed by atoms with E-state index in [0.29, 0.717) is 0 Å². The summed E-state index contributed by atoms with van der Waals surface area (Å²) in [5.41, 5.74) is 0. The second-order valence-corrected chi connectivity index (χ2v) is 6.29. The highest BCUT2D eigenvalue weighted by molar-refractivity contribution is 7.11. The van der Waals surface area contributed by atoms with Crippen LogP contribution in [0.1, 0.15) is 16.2 Å². The summed E-state index contributed by atoms with van der Waals surface area (Å²) in [5, 5.41) is 3.20. The summed E-state index contributed by atoms with van der Waals surface area (Å²) in [6.45, 7) is 4.57. The van der Waals surface area contributed by atoms with Crippen LogP contribution in [0.2, 0.25) is 0 Å². The molecule has 0 spiro atoms. The maximum absolute atomic E-state index is 3.20. The highest BCUT2D eigenvalue weighted by Gasteiger charge is 2.23. The van der Waals surface area contributed by atoms with Crippen molar-refractivity contribution in [1.29, 1.82) is 0 Å². The summed E-state index contributed by atoms with van der Waals surface area (Å²) in [4.78, 5) is 7.85. The van der Waals surface area contributed by atoms with E-state index in [1.807, 2.05) is 18.4 Å². The lowest BCUT2D eigenvalue weighted by Crippen LogP contribution is -2.31. The highest BCUT2D eigenvalue weighted by Crippen LogP contribution is 2.21. The van der Waals surface area contributed by atoms with Gasteiger partial charge in [0.2, 0.25) is 0 Å². The molecule has 96 valence electrons. The lowest BCUT2D eigenvalue weighted by atomic mass is 10.2. The van der Waals surface area contributed by atoms with E-state index in [1.165, 1.54) is 29.3 Å². The van der Waals surface area contributed by atoms with Crippen LogP contribution in [0.4, 0.5) is 0 Å². The largest absolute Gasteiger partial charge is 0.315 e. The molecule has 0 saturated carbocycles. The van der Waals surface area contributed by atoms with Crippen LogP contribution in [0.5, 0.6) is 0 Å². The minimum Gasteiger partial charge on any atom is -0.315 e. The minimum atomic E-state index is 0.742. The summed E-state index contributed by atoms with van der Waals surface area (Å²) < 4.78 is 0. The van der Waals surface area contributed by atoms with Crippen molar-refractivity contribution in [2.75, 3.05) is 34.2 Å². The molecule has 0 aromatic carbocycles. The molecule has 1 saturated heterocycles. The number of thiophene rings is 1. The first-order valence-corrected chi connectivity index (χ1v) is 7.11. The Morgan fingerprint density at radius 1 is 1.41 bits per heavy atom. The van der Waals surface area contributed by atoms with Crippen LogP contribution in [0.15, 0.2) is 12.1 Å². The molecule has 4 heteroatoms. The average Bonchev–Trinajstić information content (AvgIpc) is 2.89. The molecule has 2 rings (SSSR count). The molecule has 1 atom stereocenters. The molecule has 1 aliphatic rings. The van der Waals surface area contributed by atoms with E-state index < -0.39 is 0 Å². The molecule has 1 aliphatic heterocycles. The van der Waals surface area contributed by atoms with Crippen molar-refractivity contribution in [3.8, 4) is 0 Å². The Morgan fingerprint density at radius 2 is 2.18 bits per heavy atom. The summed E-state index contributed by atoms with van der Waals surface area (Å²) in [5.74, 6) is 0. The van der Waals surface area contributed by atoms with Crippen LogP contribution in [-0.2, 0) is 13.1 Å². The molecule has 0 bridgehead atoms. The molecule has 2 heterocycles. The zero-order valence-electron chi connectivity index (χ0n) is 11.1. The fraction of sp³-hybridized carbons (Fsp3) is 0.692. The van der Waals surface area contributed by atoms with Crippen molar-refractivity contribution < 1.29 is 0 Å². The van der Waals surface area contributed by atoms with Crippen molar-refractivity contribution in [2.45, 2.75) is 25.6 Å². The van der Waals surface area contributed by atoms with Gasteiger partial charge in [0.15, 0.2) is 0 Å². The van der Waals surface area contributed by atoms with E-state index in [4.69, 9.17) is 0 Å². The summed E-state index contributed by atoms with van der Waals surface area (Å²) in [6, 6.07) is 5.27. The van der Waals surface area contributed by atoms with Crippen LogP contribution in [0.3, 0.4) is 0 Å². The maximum atomic E-state index is 3.20. The molecule has 0 amide bonds. The summed E-state index contributed by atoms with van der Waals surface area (Å²) in [6.07, 6.45) is 1.31. The normalized spacial score (nSPS) is 21.5. The number of likely N-dealkylation sites (tertiary alicyclic amines) is 1. The molecule has 0 radical (unpaired) electrons. The second-order valence-electron chi connectivity index (χ2n) is 5.04. The van der Waals surface area contributed by atoms with Crippen molar-refractivity contribution in [3.05, 3.63) is 21.9 Å². The average molecular weight is 253 g/mol. The van der Waals surface area contributed by atoms with E-state index >= 15 is 0 Å². The van der Waals surface area contributed by atoms with Crippen LogP contribution in [-0.4, -0.2) is 50.1 Å². The number of nitrogens with zero attached hydrogens (tertiary/aromatic N) is 2. The molecule has 1 aromatic heterocycles. The Balaban J connectivity index is 1.84. The van der Waals surface area contributed by atoms with Gasteiger partial charge in [-0.1, -0.05) is 0 Å². The quantitative estimate of drug-likeness (QED) is 0.860. The van der Waals surface area contributed by atoms with Gasteiger partial charge in [0.25, 0.3) is 0 Å². The lowest BCUT2D eigenvalue weighted by Gasteiger charge is -2.19. The van der Waals surface area contributed by atoms with Gasteiger partial charge in [0.05, 0.1) is 0 Å². The van der Waals surface area contributed by atoms with Gasteiger partial charge in [0.1, 0.15) is 0 Å². The van der Waals surface area contributed by atoms with Crippen molar-refractivity contribution in [2.24, 2.45) is 0 Å². The first-order chi connectivity index (χ1) is 8.19.